The van der Waals surface area contributed by atoms with E-state index in [1.165, 1.54) is 10.6 Å². The number of H-pyrrole nitrogens is 1. The van der Waals surface area contributed by atoms with Gasteiger partial charge in [-0.2, -0.15) is 14.6 Å². The average Bonchev–Trinajstić information content (AvgIpc) is 3.45. The molecule has 0 saturated heterocycles. The Labute approximate surface area is 188 Å². The first-order valence-corrected chi connectivity index (χ1v) is 10.3. The number of aryl methyl sites for hydroxylation is 1. The highest BCUT2D eigenvalue weighted by Gasteiger charge is 2.16. The number of para-hydroxylation sites is 1. The molecule has 0 bridgehead atoms. The minimum atomic E-state index is -0.297. The largest absolute Gasteiger partial charge is 0.487 e. The maximum absolute atomic E-state index is 12.9. The number of hydrogen-bond acceptors (Lipinski definition) is 6. The van der Waals surface area contributed by atoms with Gasteiger partial charge in [0.2, 0.25) is 0 Å². The van der Waals surface area contributed by atoms with E-state index in [-0.39, 0.29) is 30.1 Å². The Morgan fingerprint density at radius 3 is 2.61 bits per heavy atom. The predicted octanol–water partition coefficient (Wildman–Crippen LogP) is 2.82. The molecule has 0 aliphatic carbocycles. The van der Waals surface area contributed by atoms with Crippen LogP contribution in [0.2, 0.25) is 0 Å². The predicted molar refractivity (Wildman–Crippen MR) is 121 cm³/mol. The summed E-state index contributed by atoms with van der Waals surface area (Å²) >= 11 is 0. The van der Waals surface area contributed by atoms with E-state index in [1.54, 1.807) is 42.2 Å². The van der Waals surface area contributed by atoms with E-state index < -0.39 is 0 Å². The van der Waals surface area contributed by atoms with Gasteiger partial charge in [-0.25, -0.2) is 4.98 Å². The molecule has 9 nitrogen and oxygen atoms in total. The Bertz CT molecular complexity index is 1500. The topological polar surface area (TPSA) is 107 Å². The Hall–Kier alpha value is -4.53. The van der Waals surface area contributed by atoms with Gasteiger partial charge in [-0.05, 0) is 18.2 Å². The fourth-order valence-corrected chi connectivity index (χ4v) is 3.54. The van der Waals surface area contributed by atoms with Crippen LogP contribution in [0.25, 0.3) is 17.2 Å². The summed E-state index contributed by atoms with van der Waals surface area (Å²) in [6, 6.07) is 19.7. The molecule has 0 unspecified atom stereocenters. The molecule has 5 aromatic rings. The number of Topliss-reactive ketones (excluding diaryl/α,β-unsaturated/α-hetero) is 1. The summed E-state index contributed by atoms with van der Waals surface area (Å²) in [6.45, 7) is 0.0231. The lowest BCUT2D eigenvalue weighted by Gasteiger charge is -2.10. The molecule has 3 heterocycles. The monoisotopic (exact) mass is 440 g/mol. The molecule has 1 N–H and O–H groups in total. The molecule has 0 aliphatic heterocycles. The van der Waals surface area contributed by atoms with Crippen molar-refractivity contribution in [2.75, 3.05) is 0 Å². The van der Waals surface area contributed by atoms with Crippen molar-refractivity contribution in [1.29, 1.82) is 0 Å². The van der Waals surface area contributed by atoms with Gasteiger partial charge < -0.3 is 4.74 Å². The number of ether oxygens (including phenoxy) is 1. The van der Waals surface area contributed by atoms with E-state index in [2.05, 4.69) is 20.2 Å². The first-order valence-electron chi connectivity index (χ1n) is 10.3. The Balaban J connectivity index is 1.37. The Morgan fingerprint density at radius 1 is 1.03 bits per heavy atom. The second-order valence-corrected chi connectivity index (χ2v) is 7.49. The van der Waals surface area contributed by atoms with E-state index >= 15 is 0 Å². The molecule has 0 saturated carbocycles. The van der Waals surface area contributed by atoms with Gasteiger partial charge >= 0.3 is 0 Å². The van der Waals surface area contributed by atoms with E-state index in [4.69, 9.17) is 4.74 Å². The molecular formula is C24H20N6O3. The van der Waals surface area contributed by atoms with Gasteiger partial charge in [0, 0.05) is 30.6 Å². The number of benzene rings is 2. The number of aromatic amines is 1. The molecule has 0 radical (unpaired) electrons. The molecule has 0 fully saturated rings. The molecule has 164 valence electrons. The minimum Gasteiger partial charge on any atom is -0.487 e. The number of rotatable bonds is 7. The summed E-state index contributed by atoms with van der Waals surface area (Å²) in [7, 11) is 1.80. The first kappa shape index (κ1) is 20.4. The smallest absolute Gasteiger partial charge is 0.274 e. The van der Waals surface area contributed by atoms with Gasteiger partial charge in [-0.1, -0.05) is 42.5 Å². The van der Waals surface area contributed by atoms with Crippen molar-refractivity contribution >= 4 is 11.6 Å². The second-order valence-electron chi connectivity index (χ2n) is 7.49. The van der Waals surface area contributed by atoms with Crippen LogP contribution in [-0.4, -0.2) is 35.1 Å². The molecule has 0 amide bonds. The third-order valence-corrected chi connectivity index (χ3v) is 5.26. The quantitative estimate of drug-likeness (QED) is 0.390. The zero-order chi connectivity index (χ0) is 22.8. The standard InChI is InChI=1S/C24H20N6O3/c1-29-18(11-12-25-29)14-20(31)19-9-5-6-10-21(19)33-15-17-13-22(32)30-24(26-17)27-23(28-30)16-7-3-2-4-8-16/h2-13H,14-15H2,1H3,(H,26,27,28). The maximum Gasteiger partial charge on any atom is 0.274 e. The average molecular weight is 440 g/mol. The summed E-state index contributed by atoms with van der Waals surface area (Å²) in [6.07, 6.45) is 1.86. The van der Waals surface area contributed by atoms with Crippen molar-refractivity contribution in [2.24, 2.45) is 7.05 Å². The number of nitrogens with zero attached hydrogens (tertiary/aromatic N) is 5. The van der Waals surface area contributed by atoms with Crippen LogP contribution in [0, 0.1) is 0 Å². The van der Waals surface area contributed by atoms with Crippen LogP contribution in [-0.2, 0) is 20.1 Å². The Kier molecular flexibility index (Phi) is 5.27. The Morgan fingerprint density at radius 2 is 1.82 bits per heavy atom. The fourth-order valence-electron chi connectivity index (χ4n) is 3.54. The molecule has 2 aromatic carbocycles. The third kappa shape index (κ3) is 4.16. The van der Waals surface area contributed by atoms with Gasteiger partial charge in [-0.15, -0.1) is 0 Å². The van der Waals surface area contributed by atoms with Crippen LogP contribution in [0.3, 0.4) is 0 Å². The summed E-state index contributed by atoms with van der Waals surface area (Å²) in [5.41, 5.74) is 2.24. The number of hydrogen-bond donors (Lipinski definition) is 1. The van der Waals surface area contributed by atoms with Crippen LogP contribution in [0.15, 0.2) is 77.7 Å². The lowest BCUT2D eigenvalue weighted by Crippen LogP contribution is -2.17. The van der Waals surface area contributed by atoms with Crippen molar-refractivity contribution in [3.8, 4) is 17.1 Å². The van der Waals surface area contributed by atoms with Crippen molar-refractivity contribution in [3.05, 3.63) is 100 Å². The molecule has 0 aliphatic rings. The number of carbonyl (C=O) groups excluding carboxylic acids is 1. The zero-order valence-electron chi connectivity index (χ0n) is 17.8. The highest BCUT2D eigenvalue weighted by Crippen LogP contribution is 2.21. The van der Waals surface area contributed by atoms with Crippen LogP contribution < -0.4 is 10.3 Å². The summed E-state index contributed by atoms with van der Waals surface area (Å²) in [5, 5.41) is 7.07. The number of carbonyl (C=O) groups is 1. The normalized spacial score (nSPS) is 11.1. The van der Waals surface area contributed by atoms with E-state index in [0.717, 1.165) is 11.3 Å². The number of fused-ring (bicyclic) bond motifs is 1. The highest BCUT2D eigenvalue weighted by atomic mass is 16.5. The molecule has 3 aromatic heterocycles. The van der Waals surface area contributed by atoms with Crippen LogP contribution in [0.1, 0.15) is 21.7 Å². The molecular weight excluding hydrogens is 420 g/mol. The summed E-state index contributed by atoms with van der Waals surface area (Å²) < 4.78 is 8.85. The zero-order valence-corrected chi connectivity index (χ0v) is 17.8. The number of nitrogens with one attached hydrogen (secondary N) is 1. The first-order chi connectivity index (χ1) is 16.1. The van der Waals surface area contributed by atoms with Gasteiger partial charge in [0.1, 0.15) is 12.4 Å². The van der Waals surface area contributed by atoms with Crippen molar-refractivity contribution in [1.82, 2.24) is 29.4 Å². The SMILES string of the molecule is Cn1nccc1CC(=O)c1ccccc1OCc1cc(=O)n2[nH]c(-c3ccccc3)nc2n1. The minimum absolute atomic E-state index is 0.0231. The van der Waals surface area contributed by atoms with Crippen LogP contribution in [0.5, 0.6) is 5.75 Å². The molecule has 5 rings (SSSR count). The second kappa shape index (κ2) is 8.54. The van der Waals surface area contributed by atoms with Gasteiger partial charge in [0.25, 0.3) is 11.3 Å². The highest BCUT2D eigenvalue weighted by molar-refractivity contribution is 5.99. The van der Waals surface area contributed by atoms with Crippen molar-refractivity contribution < 1.29 is 9.53 Å². The van der Waals surface area contributed by atoms with Gasteiger partial charge in [0.15, 0.2) is 11.6 Å². The van der Waals surface area contributed by atoms with Crippen molar-refractivity contribution in [3.63, 3.8) is 0 Å². The number of ketones is 1. The third-order valence-electron chi connectivity index (χ3n) is 5.26. The van der Waals surface area contributed by atoms with E-state index in [0.29, 0.717) is 22.8 Å². The van der Waals surface area contributed by atoms with Crippen LogP contribution in [0.4, 0.5) is 0 Å². The van der Waals surface area contributed by atoms with Gasteiger partial charge in [0.05, 0.1) is 17.7 Å². The maximum atomic E-state index is 12.9. The molecule has 0 atom stereocenters. The lowest BCUT2D eigenvalue weighted by molar-refractivity contribution is 0.0986. The summed E-state index contributed by atoms with van der Waals surface area (Å²) in [5.74, 6) is 1.14. The molecule has 0 spiro atoms. The van der Waals surface area contributed by atoms with Crippen molar-refractivity contribution in [2.45, 2.75) is 13.0 Å². The molecule has 9 heteroatoms. The van der Waals surface area contributed by atoms with Crippen LogP contribution >= 0.6 is 0 Å². The van der Waals surface area contributed by atoms with E-state index in [9.17, 15) is 9.59 Å². The van der Waals surface area contributed by atoms with E-state index in [1.807, 2.05) is 36.4 Å². The summed E-state index contributed by atoms with van der Waals surface area (Å²) in [4.78, 5) is 34.3. The fraction of sp³-hybridized carbons (Fsp3) is 0.125. The number of aromatic nitrogens is 6. The van der Waals surface area contributed by atoms with Gasteiger partial charge in [-0.3, -0.25) is 19.4 Å². The molecule has 33 heavy (non-hydrogen) atoms. The lowest BCUT2D eigenvalue weighted by atomic mass is 10.1.